The van der Waals surface area contributed by atoms with E-state index in [1.807, 2.05) is 26.2 Å². The zero-order valence-electron chi connectivity index (χ0n) is 11.9. The van der Waals surface area contributed by atoms with Crippen LogP contribution in [-0.4, -0.2) is 14.1 Å². The highest BCUT2D eigenvalue weighted by atomic mass is 35.5. The molecule has 2 nitrogen and oxygen atoms in total. The van der Waals surface area contributed by atoms with Gasteiger partial charge in [0.1, 0.15) is 0 Å². The highest BCUT2D eigenvalue weighted by Crippen LogP contribution is 2.25. The zero-order valence-corrected chi connectivity index (χ0v) is 13.4. The van der Waals surface area contributed by atoms with Crippen molar-refractivity contribution in [2.45, 2.75) is 13.5 Å². The smallest absolute Gasteiger partial charge is 0.0470 e. The van der Waals surface area contributed by atoms with Crippen LogP contribution < -0.4 is 10.2 Å². The molecule has 0 heterocycles. The molecule has 0 aromatic heterocycles. The molecule has 2 rings (SSSR count). The minimum atomic E-state index is 0.656. The highest BCUT2D eigenvalue weighted by molar-refractivity contribution is 6.35. The number of rotatable bonds is 4. The van der Waals surface area contributed by atoms with Crippen molar-refractivity contribution in [2.75, 3.05) is 24.3 Å². The van der Waals surface area contributed by atoms with Gasteiger partial charge >= 0.3 is 0 Å². The molecule has 0 saturated heterocycles. The van der Waals surface area contributed by atoms with Crippen molar-refractivity contribution in [3.8, 4) is 0 Å². The Morgan fingerprint density at radius 3 is 2.45 bits per heavy atom. The maximum absolute atomic E-state index is 6.17. The van der Waals surface area contributed by atoms with E-state index < -0.39 is 0 Å². The number of nitrogens with one attached hydrogen (secondary N) is 1. The zero-order chi connectivity index (χ0) is 14.7. The topological polar surface area (TPSA) is 15.3 Å². The summed E-state index contributed by atoms with van der Waals surface area (Å²) in [6.45, 7) is 2.78. The number of aryl methyl sites for hydroxylation is 1. The molecule has 0 amide bonds. The Morgan fingerprint density at radius 1 is 1.05 bits per heavy atom. The van der Waals surface area contributed by atoms with Gasteiger partial charge in [-0.05, 0) is 42.3 Å². The Balaban J connectivity index is 2.13. The van der Waals surface area contributed by atoms with E-state index >= 15 is 0 Å². The summed E-state index contributed by atoms with van der Waals surface area (Å²) in [7, 11) is 4.09. The molecule has 2 aromatic carbocycles. The van der Waals surface area contributed by atoms with Crippen molar-refractivity contribution < 1.29 is 0 Å². The molecular weight excluding hydrogens is 291 g/mol. The van der Waals surface area contributed by atoms with E-state index in [0.717, 1.165) is 11.3 Å². The Labute approximate surface area is 130 Å². The molecule has 0 fully saturated rings. The Bertz CT molecular complexity index is 609. The van der Waals surface area contributed by atoms with Crippen LogP contribution in [0.15, 0.2) is 36.4 Å². The van der Waals surface area contributed by atoms with E-state index in [9.17, 15) is 0 Å². The molecule has 0 atom stereocenters. The molecule has 0 aliphatic heterocycles. The SMILES string of the molecule is Cc1ccc(NCc2ccc(Cl)cc2Cl)cc1N(C)C. The highest BCUT2D eigenvalue weighted by Gasteiger charge is 2.04. The van der Waals surface area contributed by atoms with Crippen LogP contribution in [0.4, 0.5) is 11.4 Å². The fourth-order valence-corrected chi connectivity index (χ4v) is 2.54. The number of nitrogens with zero attached hydrogens (tertiary/aromatic N) is 1. The average Bonchev–Trinajstić information content (AvgIpc) is 2.39. The molecule has 1 N–H and O–H groups in total. The molecule has 0 spiro atoms. The van der Waals surface area contributed by atoms with Gasteiger partial charge in [-0.15, -0.1) is 0 Å². The second-order valence-electron chi connectivity index (χ2n) is 4.98. The van der Waals surface area contributed by atoms with Crippen LogP contribution in [0, 0.1) is 6.92 Å². The minimum absolute atomic E-state index is 0.656. The summed E-state index contributed by atoms with van der Waals surface area (Å²) < 4.78 is 0. The molecular formula is C16H18Cl2N2. The van der Waals surface area contributed by atoms with Crippen LogP contribution >= 0.6 is 23.2 Å². The summed E-state index contributed by atoms with van der Waals surface area (Å²) in [6.07, 6.45) is 0. The number of hydrogen-bond acceptors (Lipinski definition) is 2. The number of hydrogen-bond donors (Lipinski definition) is 1. The van der Waals surface area contributed by atoms with Crippen LogP contribution in [0.2, 0.25) is 10.0 Å². The standard InChI is InChI=1S/C16H18Cl2N2/c1-11-4-7-14(9-16(11)20(2)3)19-10-12-5-6-13(17)8-15(12)18/h4-9,19H,10H2,1-3H3. The third-order valence-corrected chi connectivity index (χ3v) is 3.78. The minimum Gasteiger partial charge on any atom is -0.381 e. The molecule has 0 saturated carbocycles. The monoisotopic (exact) mass is 308 g/mol. The predicted molar refractivity (Wildman–Crippen MR) is 89.3 cm³/mol. The van der Waals surface area contributed by atoms with Gasteiger partial charge in [-0.2, -0.15) is 0 Å². The molecule has 0 aliphatic carbocycles. The third-order valence-electron chi connectivity index (χ3n) is 3.19. The first-order valence-electron chi connectivity index (χ1n) is 6.43. The van der Waals surface area contributed by atoms with Crippen LogP contribution in [0.3, 0.4) is 0 Å². The van der Waals surface area contributed by atoms with Crippen molar-refractivity contribution in [3.05, 3.63) is 57.6 Å². The third kappa shape index (κ3) is 3.59. The molecule has 0 bridgehead atoms. The molecule has 0 unspecified atom stereocenters. The largest absolute Gasteiger partial charge is 0.381 e. The predicted octanol–water partition coefficient (Wildman–Crippen LogP) is 4.98. The van der Waals surface area contributed by atoms with Gasteiger partial charge in [0.25, 0.3) is 0 Å². The van der Waals surface area contributed by atoms with Gasteiger partial charge in [0.2, 0.25) is 0 Å². The first kappa shape index (κ1) is 15.0. The van der Waals surface area contributed by atoms with Crippen molar-refractivity contribution in [1.29, 1.82) is 0 Å². The van der Waals surface area contributed by atoms with Crippen LogP contribution in [0.25, 0.3) is 0 Å². The number of benzene rings is 2. The van der Waals surface area contributed by atoms with Crippen molar-refractivity contribution in [3.63, 3.8) is 0 Å². The molecule has 0 radical (unpaired) electrons. The summed E-state index contributed by atoms with van der Waals surface area (Å²) in [4.78, 5) is 2.11. The first-order valence-corrected chi connectivity index (χ1v) is 7.19. The molecule has 2 aromatic rings. The van der Waals surface area contributed by atoms with Gasteiger partial charge < -0.3 is 10.2 Å². The fourth-order valence-electron chi connectivity index (χ4n) is 2.06. The molecule has 4 heteroatoms. The van der Waals surface area contributed by atoms with Crippen molar-refractivity contribution >= 4 is 34.6 Å². The second-order valence-corrected chi connectivity index (χ2v) is 5.83. The van der Waals surface area contributed by atoms with Crippen LogP contribution in [0.1, 0.15) is 11.1 Å². The van der Waals surface area contributed by atoms with Gasteiger partial charge in [-0.25, -0.2) is 0 Å². The number of anilines is 2. The molecule has 106 valence electrons. The maximum Gasteiger partial charge on any atom is 0.0470 e. The molecule has 0 aliphatic rings. The van der Waals surface area contributed by atoms with E-state index in [1.54, 1.807) is 6.07 Å². The van der Waals surface area contributed by atoms with E-state index in [-0.39, 0.29) is 0 Å². The lowest BCUT2D eigenvalue weighted by Crippen LogP contribution is -2.11. The quantitative estimate of drug-likeness (QED) is 0.857. The van der Waals surface area contributed by atoms with E-state index in [0.29, 0.717) is 16.6 Å². The lowest BCUT2D eigenvalue weighted by molar-refractivity contribution is 1.10. The summed E-state index contributed by atoms with van der Waals surface area (Å²) in [5.41, 5.74) is 4.57. The van der Waals surface area contributed by atoms with Gasteiger partial charge in [-0.3, -0.25) is 0 Å². The van der Waals surface area contributed by atoms with E-state index in [1.165, 1.54) is 11.3 Å². The normalized spacial score (nSPS) is 10.4. The summed E-state index contributed by atoms with van der Waals surface area (Å²) >= 11 is 12.1. The Morgan fingerprint density at radius 2 is 1.80 bits per heavy atom. The maximum atomic E-state index is 6.17. The number of halogens is 2. The van der Waals surface area contributed by atoms with Crippen molar-refractivity contribution in [1.82, 2.24) is 0 Å². The van der Waals surface area contributed by atoms with Crippen molar-refractivity contribution in [2.24, 2.45) is 0 Å². The first-order chi connectivity index (χ1) is 9.47. The van der Waals surface area contributed by atoms with E-state index in [4.69, 9.17) is 23.2 Å². The Kier molecular flexibility index (Phi) is 4.79. The second kappa shape index (κ2) is 6.38. The molecule has 20 heavy (non-hydrogen) atoms. The Hall–Kier alpha value is -1.38. The lowest BCUT2D eigenvalue weighted by Gasteiger charge is -2.17. The fraction of sp³-hybridized carbons (Fsp3) is 0.250. The summed E-state index contributed by atoms with van der Waals surface area (Å²) in [5.74, 6) is 0. The van der Waals surface area contributed by atoms with Gasteiger partial charge in [0.15, 0.2) is 0 Å². The van der Waals surface area contributed by atoms with Crippen LogP contribution in [-0.2, 0) is 6.54 Å². The summed E-state index contributed by atoms with van der Waals surface area (Å²) in [5, 5.41) is 4.73. The lowest BCUT2D eigenvalue weighted by atomic mass is 10.1. The van der Waals surface area contributed by atoms with Gasteiger partial charge in [0.05, 0.1) is 0 Å². The summed E-state index contributed by atoms with van der Waals surface area (Å²) in [6, 6.07) is 11.9. The van der Waals surface area contributed by atoms with Gasteiger partial charge in [-0.1, -0.05) is 35.3 Å². The van der Waals surface area contributed by atoms with E-state index in [2.05, 4.69) is 35.3 Å². The van der Waals surface area contributed by atoms with Gasteiger partial charge in [0, 0.05) is 42.1 Å². The van der Waals surface area contributed by atoms with Crippen LogP contribution in [0.5, 0.6) is 0 Å². The average molecular weight is 309 g/mol.